The first-order chi connectivity index (χ1) is 4.38. The molecule has 1 aliphatic carbocycles. The standard InChI is InChI=1S/C9H14/c1-3-8-6-5-7-9(8)4-2/h3,5-6,8-9H,1,4,7H2,2H3. The highest BCUT2D eigenvalue weighted by atomic mass is 14.2. The highest BCUT2D eigenvalue weighted by Gasteiger charge is 2.16. The fourth-order valence-corrected chi connectivity index (χ4v) is 1.43. The molecule has 1 aliphatic rings. The van der Waals surface area contributed by atoms with Crippen molar-refractivity contribution in [3.8, 4) is 0 Å². The Morgan fingerprint density at radius 2 is 2.56 bits per heavy atom. The normalized spacial score (nSPS) is 33.0. The summed E-state index contributed by atoms with van der Waals surface area (Å²) < 4.78 is 0. The van der Waals surface area contributed by atoms with Crippen LogP contribution in [0.2, 0.25) is 0 Å². The minimum atomic E-state index is 0.662. The predicted octanol–water partition coefficient (Wildman–Crippen LogP) is 2.77. The van der Waals surface area contributed by atoms with Crippen LogP contribution in [0.5, 0.6) is 0 Å². The minimum Gasteiger partial charge on any atom is -0.102 e. The maximum atomic E-state index is 3.79. The molecule has 0 aromatic carbocycles. The summed E-state index contributed by atoms with van der Waals surface area (Å²) in [5, 5.41) is 0. The van der Waals surface area contributed by atoms with Gasteiger partial charge in [-0.25, -0.2) is 0 Å². The number of hydrogen-bond donors (Lipinski definition) is 0. The average Bonchev–Trinajstić information content (AvgIpc) is 2.33. The molecule has 0 aliphatic heterocycles. The molecule has 0 N–H and O–H groups in total. The second kappa shape index (κ2) is 2.86. The van der Waals surface area contributed by atoms with Crippen molar-refractivity contribution < 1.29 is 0 Å². The van der Waals surface area contributed by atoms with Crippen molar-refractivity contribution in [1.82, 2.24) is 0 Å². The Bertz CT molecular complexity index is 122. The lowest BCUT2D eigenvalue weighted by Crippen LogP contribution is -2.02. The SMILES string of the molecule is C=CC1C=CCC1CC. The van der Waals surface area contributed by atoms with Crippen LogP contribution in [0, 0.1) is 11.8 Å². The molecule has 9 heavy (non-hydrogen) atoms. The second-order valence-electron chi connectivity index (χ2n) is 2.65. The molecule has 0 heteroatoms. The van der Waals surface area contributed by atoms with Gasteiger partial charge in [0.15, 0.2) is 0 Å². The second-order valence-corrected chi connectivity index (χ2v) is 2.65. The first-order valence-corrected chi connectivity index (χ1v) is 3.67. The van der Waals surface area contributed by atoms with Crippen molar-refractivity contribution in [1.29, 1.82) is 0 Å². The van der Waals surface area contributed by atoms with Crippen molar-refractivity contribution >= 4 is 0 Å². The van der Waals surface area contributed by atoms with E-state index in [9.17, 15) is 0 Å². The van der Waals surface area contributed by atoms with Gasteiger partial charge in [0, 0.05) is 0 Å². The van der Waals surface area contributed by atoms with Gasteiger partial charge in [0.25, 0.3) is 0 Å². The van der Waals surface area contributed by atoms with Gasteiger partial charge in [0.2, 0.25) is 0 Å². The Labute approximate surface area is 57.3 Å². The van der Waals surface area contributed by atoms with Gasteiger partial charge in [-0.15, -0.1) is 6.58 Å². The molecular weight excluding hydrogens is 108 g/mol. The molecule has 0 spiro atoms. The maximum absolute atomic E-state index is 3.79. The van der Waals surface area contributed by atoms with Crippen LogP contribution in [-0.2, 0) is 0 Å². The third kappa shape index (κ3) is 1.24. The molecule has 0 radical (unpaired) electrons. The van der Waals surface area contributed by atoms with E-state index in [1.54, 1.807) is 0 Å². The van der Waals surface area contributed by atoms with Crippen molar-refractivity contribution in [2.45, 2.75) is 19.8 Å². The zero-order valence-corrected chi connectivity index (χ0v) is 6.01. The molecule has 50 valence electrons. The van der Waals surface area contributed by atoms with Crippen LogP contribution in [-0.4, -0.2) is 0 Å². The van der Waals surface area contributed by atoms with E-state index in [-0.39, 0.29) is 0 Å². The number of hydrogen-bond acceptors (Lipinski definition) is 0. The molecule has 0 bridgehead atoms. The highest BCUT2D eigenvalue weighted by molar-refractivity contribution is 5.07. The zero-order chi connectivity index (χ0) is 6.69. The zero-order valence-electron chi connectivity index (χ0n) is 6.01. The maximum Gasteiger partial charge on any atom is -0.00250 e. The highest BCUT2D eigenvalue weighted by Crippen LogP contribution is 2.28. The van der Waals surface area contributed by atoms with E-state index in [0.29, 0.717) is 5.92 Å². The van der Waals surface area contributed by atoms with Crippen LogP contribution in [0.4, 0.5) is 0 Å². The van der Waals surface area contributed by atoms with Gasteiger partial charge < -0.3 is 0 Å². The van der Waals surface area contributed by atoms with Gasteiger partial charge in [-0.3, -0.25) is 0 Å². The Morgan fingerprint density at radius 1 is 1.78 bits per heavy atom. The molecule has 0 amide bonds. The van der Waals surface area contributed by atoms with E-state index < -0.39 is 0 Å². The van der Waals surface area contributed by atoms with Crippen molar-refractivity contribution in [3.05, 3.63) is 24.8 Å². The predicted molar refractivity (Wildman–Crippen MR) is 41.2 cm³/mol. The minimum absolute atomic E-state index is 0.662. The monoisotopic (exact) mass is 122 g/mol. The lowest BCUT2D eigenvalue weighted by atomic mass is 9.93. The van der Waals surface area contributed by atoms with Gasteiger partial charge >= 0.3 is 0 Å². The van der Waals surface area contributed by atoms with Crippen molar-refractivity contribution in [2.24, 2.45) is 11.8 Å². The number of rotatable bonds is 2. The Hall–Kier alpha value is -0.520. The molecule has 0 aromatic rings. The summed E-state index contributed by atoms with van der Waals surface area (Å²) in [7, 11) is 0. The van der Waals surface area contributed by atoms with Gasteiger partial charge in [-0.1, -0.05) is 31.6 Å². The molecule has 2 unspecified atom stereocenters. The molecular formula is C9H14. The summed E-state index contributed by atoms with van der Waals surface area (Å²) in [6.45, 7) is 6.03. The summed E-state index contributed by atoms with van der Waals surface area (Å²) in [4.78, 5) is 0. The van der Waals surface area contributed by atoms with Crippen LogP contribution in [0.3, 0.4) is 0 Å². The smallest absolute Gasteiger partial charge is 0.00250 e. The van der Waals surface area contributed by atoms with Crippen LogP contribution < -0.4 is 0 Å². The Kier molecular flexibility index (Phi) is 2.10. The molecule has 0 saturated heterocycles. The van der Waals surface area contributed by atoms with Crippen LogP contribution >= 0.6 is 0 Å². The first kappa shape index (κ1) is 6.60. The molecule has 0 heterocycles. The van der Waals surface area contributed by atoms with Gasteiger partial charge in [-0.05, 0) is 18.3 Å². The fraction of sp³-hybridized carbons (Fsp3) is 0.556. The van der Waals surface area contributed by atoms with Gasteiger partial charge in [0.1, 0.15) is 0 Å². The van der Waals surface area contributed by atoms with E-state index in [2.05, 4.69) is 31.7 Å². The fourth-order valence-electron chi connectivity index (χ4n) is 1.43. The molecule has 1 rings (SSSR count). The van der Waals surface area contributed by atoms with Crippen LogP contribution in [0.25, 0.3) is 0 Å². The van der Waals surface area contributed by atoms with Crippen molar-refractivity contribution in [3.63, 3.8) is 0 Å². The molecule has 0 fully saturated rings. The molecule has 0 saturated carbocycles. The molecule has 0 aromatic heterocycles. The Balaban J connectivity index is 2.48. The first-order valence-electron chi connectivity index (χ1n) is 3.67. The summed E-state index contributed by atoms with van der Waals surface area (Å²) in [6.07, 6.45) is 9.12. The van der Waals surface area contributed by atoms with Crippen molar-refractivity contribution in [2.75, 3.05) is 0 Å². The lowest BCUT2D eigenvalue weighted by molar-refractivity contribution is 0.473. The Morgan fingerprint density at radius 3 is 3.00 bits per heavy atom. The molecule has 0 nitrogen and oxygen atoms in total. The molecule has 2 atom stereocenters. The summed E-state index contributed by atoms with van der Waals surface area (Å²) in [6, 6.07) is 0. The summed E-state index contributed by atoms with van der Waals surface area (Å²) in [5.74, 6) is 1.51. The van der Waals surface area contributed by atoms with Gasteiger partial charge in [0.05, 0.1) is 0 Å². The van der Waals surface area contributed by atoms with E-state index >= 15 is 0 Å². The average molecular weight is 122 g/mol. The van der Waals surface area contributed by atoms with E-state index in [1.165, 1.54) is 12.8 Å². The van der Waals surface area contributed by atoms with Crippen LogP contribution in [0.1, 0.15) is 19.8 Å². The van der Waals surface area contributed by atoms with E-state index in [0.717, 1.165) is 5.92 Å². The lowest BCUT2D eigenvalue weighted by Gasteiger charge is -2.11. The topological polar surface area (TPSA) is 0 Å². The third-order valence-corrected chi connectivity index (χ3v) is 2.14. The quantitative estimate of drug-likeness (QED) is 0.494. The van der Waals surface area contributed by atoms with E-state index in [1.807, 2.05) is 0 Å². The summed E-state index contributed by atoms with van der Waals surface area (Å²) >= 11 is 0. The number of allylic oxidation sites excluding steroid dienone is 3. The largest absolute Gasteiger partial charge is 0.102 e. The van der Waals surface area contributed by atoms with E-state index in [4.69, 9.17) is 0 Å². The third-order valence-electron chi connectivity index (χ3n) is 2.14. The van der Waals surface area contributed by atoms with Crippen LogP contribution in [0.15, 0.2) is 24.8 Å². The summed E-state index contributed by atoms with van der Waals surface area (Å²) in [5.41, 5.74) is 0. The van der Waals surface area contributed by atoms with Gasteiger partial charge in [-0.2, -0.15) is 0 Å².